The molecule has 0 heterocycles. The molecule has 2 aromatic carbocycles. The van der Waals surface area contributed by atoms with Crippen molar-refractivity contribution in [2.24, 2.45) is 0 Å². The molecule has 0 aromatic heterocycles. The van der Waals surface area contributed by atoms with Crippen molar-refractivity contribution >= 4 is 34.7 Å². The molecule has 19 heavy (non-hydrogen) atoms. The molecule has 0 aliphatic rings. The normalized spacial score (nSPS) is 10.5. The Bertz CT molecular complexity index is 665. The highest BCUT2D eigenvalue weighted by Crippen LogP contribution is 2.29. The van der Waals surface area contributed by atoms with Gasteiger partial charge in [-0.3, -0.25) is 4.79 Å². The highest BCUT2D eigenvalue weighted by molar-refractivity contribution is 6.35. The quantitative estimate of drug-likeness (QED) is 0.658. The molecule has 0 atom stereocenters. The lowest BCUT2D eigenvalue weighted by Gasteiger charge is -2.09. The van der Waals surface area contributed by atoms with E-state index in [1.807, 2.05) is 19.9 Å². The van der Waals surface area contributed by atoms with Crippen LogP contribution in [0.5, 0.6) is 0 Å². The van der Waals surface area contributed by atoms with Gasteiger partial charge in [-0.25, -0.2) is 0 Å². The van der Waals surface area contributed by atoms with Crippen LogP contribution in [-0.2, 0) is 0 Å². The van der Waals surface area contributed by atoms with Crippen LogP contribution in [0.1, 0.15) is 27.0 Å². The third-order valence-corrected chi connectivity index (χ3v) is 3.96. The summed E-state index contributed by atoms with van der Waals surface area (Å²) in [5.74, 6) is -0.179. The van der Waals surface area contributed by atoms with Crippen molar-refractivity contribution in [1.29, 1.82) is 0 Å². The van der Waals surface area contributed by atoms with Crippen molar-refractivity contribution in [2.75, 3.05) is 5.73 Å². The van der Waals surface area contributed by atoms with Crippen LogP contribution >= 0.6 is 23.2 Å². The summed E-state index contributed by atoms with van der Waals surface area (Å²) in [6, 6.07) is 8.65. The molecule has 2 nitrogen and oxygen atoms in total. The number of aryl methyl sites for hydroxylation is 2. The molecule has 0 unspecified atom stereocenters. The van der Waals surface area contributed by atoms with Crippen LogP contribution in [0.2, 0.25) is 10.0 Å². The predicted molar refractivity (Wildman–Crippen MR) is 80.2 cm³/mol. The van der Waals surface area contributed by atoms with E-state index in [0.717, 1.165) is 11.1 Å². The minimum absolute atomic E-state index is 0.179. The Kier molecular flexibility index (Phi) is 3.83. The van der Waals surface area contributed by atoms with E-state index in [-0.39, 0.29) is 5.78 Å². The zero-order valence-corrected chi connectivity index (χ0v) is 12.1. The van der Waals surface area contributed by atoms with Crippen molar-refractivity contribution in [3.05, 3.63) is 62.6 Å². The smallest absolute Gasteiger partial charge is 0.195 e. The highest BCUT2D eigenvalue weighted by Gasteiger charge is 2.16. The number of carbonyl (C=O) groups excluding carboxylic acids is 1. The minimum atomic E-state index is -0.179. The fourth-order valence-corrected chi connectivity index (χ4v) is 2.13. The Labute approximate surface area is 122 Å². The van der Waals surface area contributed by atoms with Crippen LogP contribution in [0.3, 0.4) is 0 Å². The Morgan fingerprint density at radius 2 is 1.68 bits per heavy atom. The summed E-state index contributed by atoms with van der Waals surface area (Å²) < 4.78 is 0. The van der Waals surface area contributed by atoms with E-state index in [1.165, 1.54) is 0 Å². The van der Waals surface area contributed by atoms with Gasteiger partial charge in [0.25, 0.3) is 0 Å². The summed E-state index contributed by atoms with van der Waals surface area (Å²) in [4.78, 5) is 12.4. The first kappa shape index (κ1) is 13.9. The van der Waals surface area contributed by atoms with Gasteiger partial charge in [0.15, 0.2) is 5.78 Å². The lowest BCUT2D eigenvalue weighted by atomic mass is 9.99. The van der Waals surface area contributed by atoms with Crippen molar-refractivity contribution in [3.63, 3.8) is 0 Å². The number of halogens is 2. The Hall–Kier alpha value is -1.51. The molecule has 2 rings (SSSR count). The lowest BCUT2D eigenvalue weighted by Crippen LogP contribution is -2.06. The van der Waals surface area contributed by atoms with Crippen LogP contribution < -0.4 is 5.73 Å². The van der Waals surface area contributed by atoms with Crippen LogP contribution in [0.4, 0.5) is 5.69 Å². The van der Waals surface area contributed by atoms with Crippen molar-refractivity contribution in [3.8, 4) is 0 Å². The summed E-state index contributed by atoms with van der Waals surface area (Å²) in [5, 5.41) is 0.978. The molecule has 0 bridgehead atoms. The van der Waals surface area contributed by atoms with Crippen molar-refractivity contribution in [1.82, 2.24) is 0 Å². The van der Waals surface area contributed by atoms with Gasteiger partial charge in [-0.15, -0.1) is 0 Å². The maximum absolute atomic E-state index is 12.4. The third-order valence-electron chi connectivity index (χ3n) is 3.05. The highest BCUT2D eigenvalue weighted by atomic mass is 35.5. The molecule has 0 saturated heterocycles. The van der Waals surface area contributed by atoms with Crippen LogP contribution in [0, 0.1) is 13.8 Å². The predicted octanol–water partition coefficient (Wildman–Crippen LogP) is 4.42. The van der Waals surface area contributed by atoms with E-state index in [4.69, 9.17) is 28.9 Å². The van der Waals surface area contributed by atoms with Gasteiger partial charge in [0.2, 0.25) is 0 Å². The molecule has 2 aromatic rings. The van der Waals surface area contributed by atoms with E-state index >= 15 is 0 Å². The largest absolute Gasteiger partial charge is 0.397 e. The number of benzene rings is 2. The van der Waals surface area contributed by atoms with Crippen LogP contribution in [0.25, 0.3) is 0 Å². The number of hydrogen-bond donors (Lipinski definition) is 1. The molecule has 0 aliphatic heterocycles. The standard InChI is InChI=1S/C15H13Cl2NO/c1-8-3-5-10(7-12(8)16)15(19)11-6-4-9(2)13(17)14(11)18/h3-7H,18H2,1-2H3. The monoisotopic (exact) mass is 293 g/mol. The van der Waals surface area contributed by atoms with E-state index in [2.05, 4.69) is 0 Å². The SMILES string of the molecule is Cc1ccc(C(=O)c2ccc(C)c(Cl)c2N)cc1Cl. The molecule has 0 aliphatic carbocycles. The minimum Gasteiger partial charge on any atom is -0.397 e. The van der Waals surface area contributed by atoms with E-state index in [1.54, 1.807) is 24.3 Å². The lowest BCUT2D eigenvalue weighted by molar-refractivity contribution is 0.103. The number of hydrogen-bond acceptors (Lipinski definition) is 2. The molecule has 0 saturated carbocycles. The van der Waals surface area contributed by atoms with Gasteiger partial charge in [-0.05, 0) is 37.1 Å². The molecule has 0 fully saturated rings. The summed E-state index contributed by atoms with van der Waals surface area (Å²) in [6.07, 6.45) is 0. The Morgan fingerprint density at radius 1 is 1.05 bits per heavy atom. The van der Waals surface area contributed by atoms with Crippen molar-refractivity contribution in [2.45, 2.75) is 13.8 Å². The summed E-state index contributed by atoms with van der Waals surface area (Å²) >= 11 is 12.1. The van der Waals surface area contributed by atoms with Gasteiger partial charge in [0.1, 0.15) is 0 Å². The van der Waals surface area contributed by atoms with Gasteiger partial charge < -0.3 is 5.73 Å². The van der Waals surface area contributed by atoms with Gasteiger partial charge in [-0.1, -0.05) is 41.4 Å². The number of rotatable bonds is 2. The van der Waals surface area contributed by atoms with Gasteiger partial charge in [0.05, 0.1) is 10.7 Å². The Morgan fingerprint density at radius 3 is 2.32 bits per heavy atom. The maximum Gasteiger partial charge on any atom is 0.195 e. The maximum atomic E-state index is 12.4. The number of carbonyl (C=O) groups is 1. The number of ketones is 1. The zero-order chi connectivity index (χ0) is 14.2. The number of nitrogen functional groups attached to an aromatic ring is 1. The molecule has 4 heteroatoms. The summed E-state index contributed by atoms with van der Waals surface area (Å²) in [5.41, 5.74) is 8.88. The summed E-state index contributed by atoms with van der Waals surface area (Å²) in [6.45, 7) is 3.73. The number of anilines is 1. The van der Waals surface area contributed by atoms with E-state index in [0.29, 0.717) is 26.9 Å². The van der Waals surface area contributed by atoms with Crippen LogP contribution in [0.15, 0.2) is 30.3 Å². The molecule has 0 radical (unpaired) electrons. The second-order valence-corrected chi connectivity index (χ2v) is 5.24. The fraction of sp³-hybridized carbons (Fsp3) is 0.133. The van der Waals surface area contributed by atoms with Crippen molar-refractivity contribution < 1.29 is 4.79 Å². The Balaban J connectivity index is 2.50. The first-order chi connectivity index (χ1) is 8.91. The van der Waals surface area contributed by atoms with Gasteiger partial charge in [0, 0.05) is 16.1 Å². The summed E-state index contributed by atoms with van der Waals surface area (Å²) in [7, 11) is 0. The second kappa shape index (κ2) is 5.24. The molecule has 2 N–H and O–H groups in total. The molecule has 0 spiro atoms. The third kappa shape index (κ3) is 2.60. The van der Waals surface area contributed by atoms with E-state index in [9.17, 15) is 4.79 Å². The van der Waals surface area contributed by atoms with E-state index < -0.39 is 0 Å². The van der Waals surface area contributed by atoms with Gasteiger partial charge in [-0.2, -0.15) is 0 Å². The second-order valence-electron chi connectivity index (χ2n) is 4.45. The topological polar surface area (TPSA) is 43.1 Å². The number of nitrogens with two attached hydrogens (primary N) is 1. The molecule has 98 valence electrons. The first-order valence-electron chi connectivity index (χ1n) is 5.77. The van der Waals surface area contributed by atoms with Gasteiger partial charge >= 0.3 is 0 Å². The van der Waals surface area contributed by atoms with Crippen LogP contribution in [-0.4, -0.2) is 5.78 Å². The molecular formula is C15H13Cl2NO. The average Bonchev–Trinajstić information content (AvgIpc) is 2.39. The zero-order valence-electron chi connectivity index (χ0n) is 10.6. The first-order valence-corrected chi connectivity index (χ1v) is 6.53. The molecular weight excluding hydrogens is 281 g/mol. The molecule has 0 amide bonds. The fourth-order valence-electron chi connectivity index (χ4n) is 1.79. The average molecular weight is 294 g/mol.